The van der Waals surface area contributed by atoms with Crippen LogP contribution in [0.2, 0.25) is 0 Å². The van der Waals surface area contributed by atoms with Crippen LogP contribution < -0.4 is 0 Å². The van der Waals surface area contributed by atoms with Crippen LogP contribution in [0, 0.1) is 32.9 Å². The van der Waals surface area contributed by atoms with Crippen LogP contribution >= 0.6 is 0 Å². The topological polar surface area (TPSA) is 94.0 Å². The first kappa shape index (κ1) is 11.7. The molecule has 0 aliphatic heterocycles. The molecule has 7 heteroatoms. The molecule has 0 unspecified atom stereocenters. The molecule has 0 bridgehead atoms. The average molecular weight is 234 g/mol. The second-order valence-electron chi connectivity index (χ2n) is 1.05. The van der Waals surface area contributed by atoms with E-state index in [0.717, 1.165) is 0 Å². The van der Waals surface area contributed by atoms with Crippen LogP contribution in [0.5, 0.6) is 0 Å². The summed E-state index contributed by atoms with van der Waals surface area (Å²) in [6.45, 7) is -0.510. The summed E-state index contributed by atoms with van der Waals surface area (Å²) in [7, 11) is 0. The maximum Gasteiger partial charge on any atom is 0.246 e. The van der Waals surface area contributed by atoms with Gasteiger partial charge >= 0.3 is 0 Å². The van der Waals surface area contributed by atoms with Gasteiger partial charge in [0.15, 0.2) is 11.6 Å². The summed E-state index contributed by atoms with van der Waals surface area (Å²) in [5.74, 6) is 0. The van der Waals surface area contributed by atoms with Crippen LogP contribution in [0.1, 0.15) is 0 Å². The average Bonchev–Trinajstić information content (AvgIpc) is 1.82. The Morgan fingerprint density at radius 1 is 1.60 bits per heavy atom. The van der Waals surface area contributed by atoms with Gasteiger partial charge in [-0.1, -0.05) is 0 Å². The smallest absolute Gasteiger partial charge is 0.234 e. The van der Waals surface area contributed by atoms with Gasteiger partial charge in [-0.15, -0.1) is 0 Å². The van der Waals surface area contributed by atoms with E-state index >= 15 is 0 Å². The SMILES string of the molecule is N#CCN(C#N)[N+](=O)[O-].[Ag]. The molecule has 0 spiro atoms. The number of hydrogen-bond acceptors (Lipinski definition) is 4. The largest absolute Gasteiger partial charge is 0.246 e. The van der Waals surface area contributed by atoms with E-state index in [-0.39, 0.29) is 27.4 Å². The molecule has 0 saturated carbocycles. The summed E-state index contributed by atoms with van der Waals surface area (Å²) < 4.78 is 0. The predicted octanol–water partition coefficient (Wildman–Crippen LogP) is -0.518. The van der Waals surface area contributed by atoms with Gasteiger partial charge in [0, 0.05) is 22.4 Å². The Kier molecular flexibility index (Phi) is 7.07. The van der Waals surface area contributed by atoms with Crippen molar-refractivity contribution in [1.29, 1.82) is 10.5 Å². The molecule has 57 valence electrons. The van der Waals surface area contributed by atoms with E-state index in [1.165, 1.54) is 12.3 Å². The molecule has 1 radical (unpaired) electrons. The van der Waals surface area contributed by atoms with E-state index in [2.05, 4.69) is 0 Å². The van der Waals surface area contributed by atoms with Crippen molar-refractivity contribution in [3.8, 4) is 12.3 Å². The van der Waals surface area contributed by atoms with Crippen LogP contribution in [0.15, 0.2) is 0 Å². The second kappa shape index (κ2) is 6.05. The van der Waals surface area contributed by atoms with Crippen molar-refractivity contribution in [1.82, 2.24) is 5.01 Å². The third-order valence-electron chi connectivity index (χ3n) is 0.533. The van der Waals surface area contributed by atoms with Crippen molar-refractivity contribution in [3.63, 3.8) is 0 Å². The predicted molar refractivity (Wildman–Crippen MR) is 24.9 cm³/mol. The fourth-order valence-corrected chi connectivity index (χ4v) is 0.197. The van der Waals surface area contributed by atoms with Crippen molar-refractivity contribution in [2.75, 3.05) is 6.54 Å². The molecule has 0 rings (SSSR count). The second-order valence-corrected chi connectivity index (χ2v) is 1.05. The van der Waals surface area contributed by atoms with Crippen molar-refractivity contribution in [2.45, 2.75) is 0 Å². The molecule has 0 aromatic heterocycles. The molecule has 0 aliphatic rings. The normalized spacial score (nSPS) is 6.20. The fraction of sp³-hybridized carbons (Fsp3) is 0.333. The van der Waals surface area contributed by atoms with Crippen molar-refractivity contribution >= 4 is 0 Å². The minimum atomic E-state index is -0.941. The Bertz CT molecular complexity index is 192. The summed E-state index contributed by atoms with van der Waals surface area (Å²) in [5, 5.41) is 24.7. The summed E-state index contributed by atoms with van der Waals surface area (Å²) >= 11 is 0. The Hall–Kier alpha value is -1.08. The van der Waals surface area contributed by atoms with Gasteiger partial charge in [-0.2, -0.15) is 10.5 Å². The Balaban J connectivity index is 0. The van der Waals surface area contributed by atoms with Crippen LogP contribution in [0.4, 0.5) is 0 Å². The summed E-state index contributed by atoms with van der Waals surface area (Å²) in [6.07, 6.45) is 1.21. The minimum absolute atomic E-state index is 0. The van der Waals surface area contributed by atoms with Gasteiger partial charge in [0.1, 0.15) is 0 Å². The summed E-state index contributed by atoms with van der Waals surface area (Å²) in [6, 6.07) is 1.46. The van der Waals surface area contributed by atoms with Gasteiger partial charge < -0.3 is 0 Å². The summed E-state index contributed by atoms with van der Waals surface area (Å²) in [5.41, 5.74) is 0. The Morgan fingerprint density at radius 3 is 2.20 bits per heavy atom. The molecular weight excluding hydrogens is 232 g/mol. The van der Waals surface area contributed by atoms with Gasteiger partial charge in [0.05, 0.1) is 6.07 Å². The molecule has 6 nitrogen and oxygen atoms in total. The zero-order chi connectivity index (χ0) is 7.28. The molecule has 0 fully saturated rings. The number of nitrogens with zero attached hydrogens (tertiary/aromatic N) is 4. The number of nitriles is 2. The molecule has 0 heterocycles. The van der Waals surface area contributed by atoms with E-state index in [9.17, 15) is 10.1 Å². The molecular formula is C3H2AgN4O2. The number of rotatable bonds is 2. The Morgan fingerprint density at radius 2 is 2.10 bits per heavy atom. The van der Waals surface area contributed by atoms with Crippen molar-refractivity contribution < 1.29 is 27.4 Å². The van der Waals surface area contributed by atoms with Gasteiger partial charge in [-0.25, -0.2) is 10.1 Å². The third kappa shape index (κ3) is 3.87. The molecule has 0 amide bonds. The zero-order valence-electron chi connectivity index (χ0n) is 4.61. The Labute approximate surface area is 72.3 Å². The van der Waals surface area contributed by atoms with Crippen LogP contribution in [0.25, 0.3) is 0 Å². The van der Waals surface area contributed by atoms with E-state index in [4.69, 9.17) is 10.5 Å². The standard InChI is InChI=1S/C3H2N4O2.Ag/c4-1-2-6(3-5)7(8)9;/h2H2;. The summed E-state index contributed by atoms with van der Waals surface area (Å²) in [4.78, 5) is 9.68. The van der Waals surface area contributed by atoms with Crippen molar-refractivity contribution in [2.24, 2.45) is 0 Å². The molecule has 0 aromatic carbocycles. The van der Waals surface area contributed by atoms with Gasteiger partial charge in [0.2, 0.25) is 6.19 Å². The first-order valence-corrected chi connectivity index (χ1v) is 1.91. The van der Waals surface area contributed by atoms with E-state index in [0.29, 0.717) is 0 Å². The van der Waals surface area contributed by atoms with E-state index < -0.39 is 11.6 Å². The molecule has 0 saturated heterocycles. The fourth-order valence-electron chi connectivity index (χ4n) is 0.197. The molecule has 10 heavy (non-hydrogen) atoms. The molecule has 0 atom stereocenters. The third-order valence-corrected chi connectivity index (χ3v) is 0.533. The van der Waals surface area contributed by atoms with Gasteiger partial charge in [-0.05, 0) is 5.01 Å². The van der Waals surface area contributed by atoms with Gasteiger partial charge in [0.25, 0.3) is 0 Å². The minimum Gasteiger partial charge on any atom is -0.234 e. The van der Waals surface area contributed by atoms with Crippen LogP contribution in [-0.4, -0.2) is 16.6 Å². The van der Waals surface area contributed by atoms with E-state index in [1.54, 1.807) is 0 Å². The quantitative estimate of drug-likeness (QED) is 0.160. The zero-order valence-corrected chi connectivity index (χ0v) is 6.10. The molecule has 0 N–H and O–H groups in total. The van der Waals surface area contributed by atoms with Crippen LogP contribution in [-0.2, 0) is 22.4 Å². The van der Waals surface area contributed by atoms with E-state index in [1.807, 2.05) is 0 Å². The van der Waals surface area contributed by atoms with Gasteiger partial charge in [-0.3, -0.25) is 0 Å². The maximum atomic E-state index is 9.68. The molecule has 0 aliphatic carbocycles. The maximum absolute atomic E-state index is 9.68. The first-order chi connectivity index (χ1) is 4.22. The number of hydrogen-bond donors (Lipinski definition) is 0. The first-order valence-electron chi connectivity index (χ1n) is 1.91. The van der Waals surface area contributed by atoms with Crippen molar-refractivity contribution in [3.05, 3.63) is 10.1 Å². The molecule has 0 aromatic rings. The number of nitro groups is 1. The monoisotopic (exact) mass is 233 g/mol. The van der Waals surface area contributed by atoms with Crippen LogP contribution in [0.3, 0.4) is 0 Å². The number of hydrazine groups is 1.